The molecule has 0 amide bonds. The van der Waals surface area contributed by atoms with Crippen LogP contribution >= 0.6 is 23.4 Å². The van der Waals surface area contributed by atoms with Gasteiger partial charge in [-0.15, -0.1) is 5.10 Å². The maximum atomic E-state index is 5.96. The fraction of sp³-hybridized carbons (Fsp3) is 0.333. The first-order valence-electron chi connectivity index (χ1n) is 6.04. The second kappa shape index (κ2) is 5.06. The number of aromatic nitrogens is 6. The lowest BCUT2D eigenvalue weighted by atomic mass is 10.4. The third-order valence-electron chi connectivity index (χ3n) is 2.96. The summed E-state index contributed by atoms with van der Waals surface area (Å²) in [6.45, 7) is 3.94. The Labute approximate surface area is 125 Å². The molecule has 104 valence electrons. The highest BCUT2D eigenvalue weighted by Crippen LogP contribution is 2.21. The van der Waals surface area contributed by atoms with Crippen molar-refractivity contribution in [1.29, 1.82) is 0 Å². The summed E-state index contributed by atoms with van der Waals surface area (Å²) in [5, 5.41) is 5.75. The number of hydrogen-bond donors (Lipinski definition) is 0. The van der Waals surface area contributed by atoms with E-state index >= 15 is 0 Å². The summed E-state index contributed by atoms with van der Waals surface area (Å²) in [4.78, 5) is 13.0. The number of fused-ring (bicyclic) bond motifs is 1. The Morgan fingerprint density at radius 2 is 2.10 bits per heavy atom. The number of nitrogens with zero attached hydrogens (tertiary/aromatic N) is 6. The molecular weight excluding hydrogens is 296 g/mol. The molecule has 0 aliphatic carbocycles. The lowest BCUT2D eigenvalue weighted by Crippen LogP contribution is -1.97. The summed E-state index contributed by atoms with van der Waals surface area (Å²) in [6, 6.07) is 1.98. The Morgan fingerprint density at radius 1 is 1.30 bits per heavy atom. The van der Waals surface area contributed by atoms with E-state index < -0.39 is 0 Å². The molecule has 20 heavy (non-hydrogen) atoms. The second-order valence-corrected chi connectivity index (χ2v) is 5.82. The summed E-state index contributed by atoms with van der Waals surface area (Å²) in [5.41, 5.74) is 1.96. The first-order valence-corrected chi connectivity index (χ1v) is 7.41. The van der Waals surface area contributed by atoms with Crippen molar-refractivity contribution in [3.8, 4) is 0 Å². The van der Waals surface area contributed by atoms with Crippen LogP contribution in [0.5, 0.6) is 0 Å². The van der Waals surface area contributed by atoms with Gasteiger partial charge in [0.25, 0.3) is 5.78 Å². The van der Waals surface area contributed by atoms with Gasteiger partial charge < -0.3 is 4.57 Å². The first kappa shape index (κ1) is 13.4. The summed E-state index contributed by atoms with van der Waals surface area (Å²) < 4.78 is 3.60. The average molecular weight is 309 g/mol. The number of aryl methyl sites for hydroxylation is 2. The van der Waals surface area contributed by atoms with Crippen molar-refractivity contribution < 1.29 is 0 Å². The first-order chi connectivity index (χ1) is 9.54. The molecule has 3 rings (SSSR count). The molecule has 3 heterocycles. The van der Waals surface area contributed by atoms with E-state index in [4.69, 9.17) is 11.6 Å². The number of imidazole rings is 1. The third-order valence-corrected chi connectivity index (χ3v) is 4.14. The number of halogens is 1. The smallest absolute Gasteiger partial charge is 0.253 e. The van der Waals surface area contributed by atoms with Crippen molar-refractivity contribution in [2.24, 2.45) is 7.05 Å². The lowest BCUT2D eigenvalue weighted by molar-refractivity contribution is 0.834. The van der Waals surface area contributed by atoms with Crippen LogP contribution in [0.2, 0.25) is 5.15 Å². The second-order valence-electron chi connectivity index (χ2n) is 4.49. The van der Waals surface area contributed by atoms with Gasteiger partial charge >= 0.3 is 0 Å². The number of thioether (sulfide) groups is 1. The van der Waals surface area contributed by atoms with Gasteiger partial charge in [0.1, 0.15) is 11.0 Å². The van der Waals surface area contributed by atoms with Gasteiger partial charge in [0, 0.05) is 18.4 Å². The van der Waals surface area contributed by atoms with Crippen molar-refractivity contribution in [3.63, 3.8) is 0 Å². The van der Waals surface area contributed by atoms with Crippen LogP contribution in [0.3, 0.4) is 0 Å². The van der Waals surface area contributed by atoms with Gasteiger partial charge in [-0.05, 0) is 19.9 Å². The van der Waals surface area contributed by atoms with E-state index in [1.165, 1.54) is 11.8 Å². The van der Waals surface area contributed by atoms with Gasteiger partial charge in [-0.3, -0.25) is 0 Å². The summed E-state index contributed by atoms with van der Waals surface area (Å²) in [7, 11) is 1.89. The molecule has 0 unspecified atom stereocenters. The molecule has 0 aliphatic heterocycles. The summed E-state index contributed by atoms with van der Waals surface area (Å²) in [5.74, 6) is 2.18. The van der Waals surface area contributed by atoms with Crippen molar-refractivity contribution in [3.05, 3.63) is 34.6 Å². The van der Waals surface area contributed by atoms with Crippen LogP contribution in [0.15, 0.2) is 17.4 Å². The predicted molar refractivity (Wildman–Crippen MR) is 78.0 cm³/mol. The van der Waals surface area contributed by atoms with E-state index in [1.54, 1.807) is 10.7 Å². The van der Waals surface area contributed by atoms with E-state index in [2.05, 4.69) is 20.1 Å². The Balaban J connectivity index is 1.85. The molecule has 3 aromatic rings. The monoisotopic (exact) mass is 308 g/mol. The van der Waals surface area contributed by atoms with E-state index in [9.17, 15) is 0 Å². The molecule has 0 spiro atoms. The molecule has 0 aliphatic rings. The normalized spacial score (nSPS) is 11.4. The van der Waals surface area contributed by atoms with Gasteiger partial charge in [0.05, 0.1) is 11.9 Å². The Hall–Kier alpha value is -1.60. The summed E-state index contributed by atoms with van der Waals surface area (Å²) >= 11 is 7.48. The fourth-order valence-electron chi connectivity index (χ4n) is 1.90. The molecule has 0 N–H and O–H groups in total. The van der Waals surface area contributed by atoms with Gasteiger partial charge in [-0.1, -0.05) is 23.4 Å². The van der Waals surface area contributed by atoms with Gasteiger partial charge in [-0.2, -0.15) is 4.98 Å². The van der Waals surface area contributed by atoms with Crippen LogP contribution in [0, 0.1) is 13.8 Å². The predicted octanol–water partition coefficient (Wildman–Crippen LogP) is 2.42. The number of hydrogen-bond acceptors (Lipinski definition) is 5. The highest BCUT2D eigenvalue weighted by Gasteiger charge is 2.10. The lowest BCUT2D eigenvalue weighted by Gasteiger charge is -1.99. The molecule has 0 atom stereocenters. The van der Waals surface area contributed by atoms with E-state index in [0.717, 1.165) is 17.2 Å². The van der Waals surface area contributed by atoms with Gasteiger partial charge in [0.15, 0.2) is 0 Å². The maximum absolute atomic E-state index is 5.96. The minimum absolute atomic E-state index is 0.622. The minimum Gasteiger partial charge on any atom is -0.322 e. The molecule has 0 saturated heterocycles. The molecule has 0 fully saturated rings. The zero-order valence-electron chi connectivity index (χ0n) is 11.3. The zero-order chi connectivity index (χ0) is 14.3. The maximum Gasteiger partial charge on any atom is 0.253 e. The quantitative estimate of drug-likeness (QED) is 0.695. The third kappa shape index (κ3) is 2.38. The topological polar surface area (TPSA) is 60.9 Å². The SMILES string of the molecule is Cc1cc(C)n2nc(SCc3ncc(Cl)n3C)nc2n1. The zero-order valence-corrected chi connectivity index (χ0v) is 12.9. The minimum atomic E-state index is 0.622. The molecule has 0 radical (unpaired) electrons. The van der Waals surface area contributed by atoms with Crippen molar-refractivity contribution in [1.82, 2.24) is 29.1 Å². The van der Waals surface area contributed by atoms with Crippen LogP contribution in [-0.2, 0) is 12.8 Å². The van der Waals surface area contributed by atoms with E-state index in [0.29, 0.717) is 21.8 Å². The number of rotatable bonds is 3. The largest absolute Gasteiger partial charge is 0.322 e. The standard InChI is InChI=1S/C12H13ClN6S/c1-7-4-8(2)19-11(15-7)16-12(17-19)20-6-10-14-5-9(13)18(10)3/h4-5H,6H2,1-3H3. The van der Waals surface area contributed by atoms with Crippen LogP contribution in [0.25, 0.3) is 5.78 Å². The van der Waals surface area contributed by atoms with Crippen molar-refractivity contribution >= 4 is 29.1 Å². The Bertz CT molecular complexity index is 778. The molecule has 8 heteroatoms. The van der Waals surface area contributed by atoms with Crippen LogP contribution < -0.4 is 0 Å². The van der Waals surface area contributed by atoms with E-state index in [1.807, 2.05) is 31.5 Å². The molecular formula is C12H13ClN6S. The molecule has 0 saturated carbocycles. The Kier molecular flexibility index (Phi) is 3.39. The van der Waals surface area contributed by atoms with Crippen molar-refractivity contribution in [2.75, 3.05) is 0 Å². The van der Waals surface area contributed by atoms with Gasteiger partial charge in [-0.25, -0.2) is 14.5 Å². The molecule has 6 nitrogen and oxygen atoms in total. The highest BCUT2D eigenvalue weighted by molar-refractivity contribution is 7.98. The average Bonchev–Trinajstić information content (AvgIpc) is 2.93. The fourth-order valence-corrected chi connectivity index (χ4v) is 2.85. The summed E-state index contributed by atoms with van der Waals surface area (Å²) in [6.07, 6.45) is 1.64. The molecule has 0 aromatic carbocycles. The van der Waals surface area contributed by atoms with Crippen LogP contribution in [0.1, 0.15) is 17.2 Å². The van der Waals surface area contributed by atoms with Crippen LogP contribution in [-0.4, -0.2) is 29.1 Å². The van der Waals surface area contributed by atoms with Gasteiger partial charge in [0.2, 0.25) is 5.16 Å². The Morgan fingerprint density at radius 3 is 2.80 bits per heavy atom. The molecule has 3 aromatic heterocycles. The highest BCUT2D eigenvalue weighted by atomic mass is 35.5. The van der Waals surface area contributed by atoms with Crippen molar-refractivity contribution in [2.45, 2.75) is 24.8 Å². The van der Waals surface area contributed by atoms with Crippen LogP contribution in [0.4, 0.5) is 0 Å². The van der Waals surface area contributed by atoms with E-state index in [-0.39, 0.29) is 0 Å². The molecule has 0 bridgehead atoms.